The van der Waals surface area contributed by atoms with Gasteiger partial charge in [-0.15, -0.1) is 0 Å². The van der Waals surface area contributed by atoms with Crippen LogP contribution in [0.15, 0.2) is 22.6 Å². The molecule has 4 heteroatoms. The lowest BCUT2D eigenvalue weighted by Crippen LogP contribution is -1.96. The third-order valence-corrected chi connectivity index (χ3v) is 3.16. The van der Waals surface area contributed by atoms with E-state index in [4.69, 9.17) is 9.15 Å². The molecule has 0 fully saturated rings. The molecule has 0 saturated carbocycles. The Kier molecular flexibility index (Phi) is 4.10. The van der Waals surface area contributed by atoms with Crippen LogP contribution in [0.5, 0.6) is 5.75 Å². The van der Waals surface area contributed by atoms with Gasteiger partial charge in [-0.3, -0.25) is 0 Å². The van der Waals surface area contributed by atoms with Crippen LogP contribution in [-0.4, -0.2) is 19.1 Å². The van der Waals surface area contributed by atoms with E-state index < -0.39 is 0 Å². The second-order valence-electron chi connectivity index (χ2n) is 4.59. The van der Waals surface area contributed by atoms with Crippen molar-refractivity contribution in [1.82, 2.24) is 4.98 Å². The van der Waals surface area contributed by atoms with Crippen LogP contribution in [0.4, 0.5) is 6.01 Å². The van der Waals surface area contributed by atoms with E-state index in [-0.39, 0.29) is 0 Å². The number of oxazole rings is 1. The number of benzene rings is 1. The van der Waals surface area contributed by atoms with Crippen molar-refractivity contribution in [3.63, 3.8) is 0 Å². The summed E-state index contributed by atoms with van der Waals surface area (Å²) in [5.74, 6) is 1.85. The first-order valence-electron chi connectivity index (χ1n) is 6.41. The molecule has 0 aliphatic rings. The molecule has 0 amide bonds. The molecule has 0 aliphatic carbocycles. The molecule has 1 aromatic heterocycles. The molecule has 102 valence electrons. The van der Waals surface area contributed by atoms with Crippen molar-refractivity contribution in [1.29, 1.82) is 0 Å². The maximum Gasteiger partial charge on any atom is 0.294 e. The maximum atomic E-state index is 5.63. The third-order valence-electron chi connectivity index (χ3n) is 3.16. The average Bonchev–Trinajstić information content (AvgIpc) is 2.77. The highest BCUT2D eigenvalue weighted by Gasteiger charge is 2.10. The molecule has 0 spiro atoms. The number of methoxy groups -OCH3 is 1. The Labute approximate surface area is 113 Å². The Morgan fingerprint density at radius 2 is 2.05 bits per heavy atom. The summed E-state index contributed by atoms with van der Waals surface area (Å²) in [6.07, 6.45) is 1.70. The standard InChI is InChI=1S/C15H20N2O2/c1-10-5-7-14(18-4)12(9-10)6-8-13-11(2)17-15(16-3)19-13/h5,7,9H,6,8H2,1-4H3,(H,16,17). The Bertz CT molecular complexity index is 561. The van der Waals surface area contributed by atoms with Crippen LogP contribution in [-0.2, 0) is 12.8 Å². The highest BCUT2D eigenvalue weighted by molar-refractivity contribution is 5.37. The summed E-state index contributed by atoms with van der Waals surface area (Å²) in [6, 6.07) is 6.80. The molecule has 0 aliphatic heterocycles. The maximum absolute atomic E-state index is 5.63. The molecule has 19 heavy (non-hydrogen) atoms. The predicted molar refractivity (Wildman–Crippen MR) is 75.9 cm³/mol. The van der Waals surface area contributed by atoms with E-state index in [2.05, 4.69) is 29.4 Å². The van der Waals surface area contributed by atoms with Crippen molar-refractivity contribution in [2.24, 2.45) is 0 Å². The van der Waals surface area contributed by atoms with Gasteiger partial charge >= 0.3 is 0 Å². The van der Waals surface area contributed by atoms with E-state index in [0.717, 1.165) is 30.0 Å². The summed E-state index contributed by atoms with van der Waals surface area (Å²) in [6.45, 7) is 4.05. The van der Waals surface area contributed by atoms with Crippen molar-refractivity contribution in [3.05, 3.63) is 40.8 Å². The van der Waals surface area contributed by atoms with Gasteiger partial charge in [-0.25, -0.2) is 0 Å². The Hall–Kier alpha value is -1.97. The van der Waals surface area contributed by atoms with Gasteiger partial charge in [0.25, 0.3) is 6.01 Å². The van der Waals surface area contributed by atoms with E-state index in [1.165, 1.54) is 11.1 Å². The third kappa shape index (κ3) is 3.08. The minimum absolute atomic E-state index is 0.573. The normalized spacial score (nSPS) is 10.5. The lowest BCUT2D eigenvalue weighted by Gasteiger charge is -2.08. The number of hydrogen-bond acceptors (Lipinski definition) is 4. The van der Waals surface area contributed by atoms with Gasteiger partial charge in [0.2, 0.25) is 0 Å². The number of nitrogens with zero attached hydrogens (tertiary/aromatic N) is 1. The molecule has 1 aromatic carbocycles. The second-order valence-corrected chi connectivity index (χ2v) is 4.59. The minimum atomic E-state index is 0.573. The molecular weight excluding hydrogens is 240 g/mol. The number of ether oxygens (including phenoxy) is 1. The summed E-state index contributed by atoms with van der Waals surface area (Å²) in [5.41, 5.74) is 3.38. The Balaban J connectivity index is 2.13. The number of anilines is 1. The zero-order chi connectivity index (χ0) is 13.8. The first-order valence-corrected chi connectivity index (χ1v) is 6.41. The smallest absolute Gasteiger partial charge is 0.294 e. The summed E-state index contributed by atoms with van der Waals surface area (Å²) in [4.78, 5) is 4.29. The molecule has 0 atom stereocenters. The van der Waals surface area contributed by atoms with Gasteiger partial charge in [-0.05, 0) is 31.9 Å². The van der Waals surface area contributed by atoms with Crippen LogP contribution in [0.2, 0.25) is 0 Å². The molecule has 4 nitrogen and oxygen atoms in total. The van der Waals surface area contributed by atoms with Crippen LogP contribution in [0.25, 0.3) is 0 Å². The van der Waals surface area contributed by atoms with Crippen LogP contribution < -0.4 is 10.1 Å². The summed E-state index contributed by atoms with van der Waals surface area (Å²) in [5, 5.41) is 2.92. The molecule has 0 unspecified atom stereocenters. The molecule has 1 heterocycles. The lowest BCUT2D eigenvalue weighted by atomic mass is 10.0. The van der Waals surface area contributed by atoms with Gasteiger partial charge in [0.05, 0.1) is 12.8 Å². The number of aromatic nitrogens is 1. The molecule has 1 N–H and O–H groups in total. The average molecular weight is 260 g/mol. The lowest BCUT2D eigenvalue weighted by molar-refractivity contribution is 0.408. The van der Waals surface area contributed by atoms with E-state index >= 15 is 0 Å². The fraction of sp³-hybridized carbons (Fsp3) is 0.400. The largest absolute Gasteiger partial charge is 0.496 e. The molecule has 0 bridgehead atoms. The Morgan fingerprint density at radius 1 is 1.26 bits per heavy atom. The van der Waals surface area contributed by atoms with Gasteiger partial charge in [0.1, 0.15) is 11.5 Å². The zero-order valence-electron chi connectivity index (χ0n) is 11.9. The topological polar surface area (TPSA) is 47.3 Å². The van der Waals surface area contributed by atoms with Crippen molar-refractivity contribution in [2.45, 2.75) is 26.7 Å². The molecule has 0 radical (unpaired) electrons. The van der Waals surface area contributed by atoms with Crippen LogP contribution in [0.3, 0.4) is 0 Å². The first-order chi connectivity index (χ1) is 9.13. The van der Waals surface area contributed by atoms with Gasteiger partial charge < -0.3 is 14.5 Å². The molecule has 2 aromatic rings. The first kappa shape index (κ1) is 13.5. The number of hydrogen-bond donors (Lipinski definition) is 1. The summed E-state index contributed by atoms with van der Waals surface area (Å²) >= 11 is 0. The van der Waals surface area contributed by atoms with Crippen molar-refractivity contribution in [2.75, 3.05) is 19.5 Å². The highest BCUT2D eigenvalue weighted by atomic mass is 16.5. The van der Waals surface area contributed by atoms with E-state index in [1.807, 2.05) is 13.0 Å². The molecule has 2 rings (SSSR count). The van der Waals surface area contributed by atoms with Crippen LogP contribution in [0.1, 0.15) is 22.6 Å². The van der Waals surface area contributed by atoms with Gasteiger partial charge in [0.15, 0.2) is 0 Å². The van der Waals surface area contributed by atoms with Crippen molar-refractivity contribution >= 4 is 6.01 Å². The van der Waals surface area contributed by atoms with Crippen LogP contribution >= 0.6 is 0 Å². The van der Waals surface area contributed by atoms with Crippen LogP contribution in [0, 0.1) is 13.8 Å². The number of rotatable bonds is 5. The van der Waals surface area contributed by atoms with E-state index in [1.54, 1.807) is 14.2 Å². The summed E-state index contributed by atoms with van der Waals surface area (Å²) < 4.78 is 11.0. The van der Waals surface area contributed by atoms with Crippen molar-refractivity contribution < 1.29 is 9.15 Å². The Morgan fingerprint density at radius 3 is 2.68 bits per heavy atom. The minimum Gasteiger partial charge on any atom is -0.496 e. The quantitative estimate of drug-likeness (QED) is 0.897. The molecular formula is C15H20N2O2. The number of nitrogens with one attached hydrogen (secondary N) is 1. The monoisotopic (exact) mass is 260 g/mol. The second kappa shape index (κ2) is 5.78. The van der Waals surface area contributed by atoms with E-state index in [9.17, 15) is 0 Å². The zero-order valence-corrected chi connectivity index (χ0v) is 11.9. The van der Waals surface area contributed by atoms with Gasteiger partial charge in [-0.2, -0.15) is 4.98 Å². The van der Waals surface area contributed by atoms with Gasteiger partial charge in [-0.1, -0.05) is 17.7 Å². The summed E-state index contributed by atoms with van der Waals surface area (Å²) in [7, 11) is 3.51. The highest BCUT2D eigenvalue weighted by Crippen LogP contribution is 2.23. The fourth-order valence-electron chi connectivity index (χ4n) is 2.12. The number of aryl methyl sites for hydroxylation is 4. The SMILES string of the molecule is CNc1nc(C)c(CCc2cc(C)ccc2OC)o1. The van der Waals surface area contributed by atoms with Gasteiger partial charge in [0, 0.05) is 13.5 Å². The fourth-order valence-corrected chi connectivity index (χ4v) is 2.12. The van der Waals surface area contributed by atoms with Crippen molar-refractivity contribution in [3.8, 4) is 5.75 Å². The van der Waals surface area contributed by atoms with E-state index in [0.29, 0.717) is 6.01 Å². The predicted octanol–water partition coefficient (Wildman–Crippen LogP) is 3.13. The molecule has 0 saturated heterocycles.